The number of nitrogens with one attached hydrogen (secondary N) is 1. The Kier molecular flexibility index (Phi) is 6.07. The van der Waals surface area contributed by atoms with Gasteiger partial charge >= 0.3 is 0 Å². The van der Waals surface area contributed by atoms with E-state index in [1.807, 2.05) is 0 Å². The Balaban J connectivity index is 2.08. The maximum Gasteiger partial charge on any atom is 0.223 e. The van der Waals surface area contributed by atoms with Gasteiger partial charge in [0.2, 0.25) is 11.8 Å². The summed E-state index contributed by atoms with van der Waals surface area (Å²) in [5.74, 6) is 1.28. The lowest BCUT2D eigenvalue weighted by atomic mass is 10.2. The van der Waals surface area contributed by atoms with Crippen LogP contribution in [0.4, 0.5) is 0 Å². The Morgan fingerprint density at radius 2 is 2.31 bits per heavy atom. The van der Waals surface area contributed by atoms with Crippen LogP contribution in [0.25, 0.3) is 0 Å². The van der Waals surface area contributed by atoms with Crippen molar-refractivity contribution in [1.82, 2.24) is 15.5 Å². The molecule has 0 bridgehead atoms. The van der Waals surface area contributed by atoms with Crippen LogP contribution < -0.4 is 5.32 Å². The van der Waals surface area contributed by atoms with Gasteiger partial charge in [0.25, 0.3) is 0 Å². The summed E-state index contributed by atoms with van der Waals surface area (Å²) in [5, 5.41) is 7.51. The number of carbonyl (C=O) groups is 1. The summed E-state index contributed by atoms with van der Waals surface area (Å²) in [7, 11) is 0. The van der Waals surface area contributed by atoms with E-state index >= 15 is 0 Å². The third kappa shape index (κ3) is 5.25. The summed E-state index contributed by atoms with van der Waals surface area (Å²) in [6, 6.07) is 0. The van der Waals surface area contributed by atoms with Crippen LogP contribution in [0.2, 0.25) is 0 Å². The number of halogens is 1. The minimum atomic E-state index is 0.0844. The molecule has 0 fully saturated rings. The highest BCUT2D eigenvalue weighted by atomic mass is 79.9. The molecule has 0 aromatic carbocycles. The van der Waals surface area contributed by atoms with Crippen molar-refractivity contribution in [3.8, 4) is 0 Å². The van der Waals surface area contributed by atoms with Gasteiger partial charge in [0.15, 0.2) is 5.82 Å². The van der Waals surface area contributed by atoms with Crippen LogP contribution in [0.15, 0.2) is 4.52 Å². The molecule has 0 saturated carbocycles. The van der Waals surface area contributed by atoms with Gasteiger partial charge < -0.3 is 9.84 Å². The van der Waals surface area contributed by atoms with E-state index in [4.69, 9.17) is 4.52 Å². The molecule has 0 aliphatic heterocycles. The number of rotatable bonds is 7. The molecule has 1 rings (SSSR count). The Hall–Kier alpha value is -0.910. The molecule has 1 amide bonds. The summed E-state index contributed by atoms with van der Waals surface area (Å²) in [4.78, 5) is 15.4. The van der Waals surface area contributed by atoms with Crippen molar-refractivity contribution in [1.29, 1.82) is 0 Å². The quantitative estimate of drug-likeness (QED) is 0.612. The van der Waals surface area contributed by atoms with Crippen LogP contribution in [0.1, 0.15) is 31.0 Å². The molecule has 1 aromatic rings. The second-order valence-electron chi connectivity index (χ2n) is 3.48. The second-order valence-corrected chi connectivity index (χ2v) is 4.27. The second kappa shape index (κ2) is 7.38. The molecule has 1 aromatic heterocycles. The summed E-state index contributed by atoms with van der Waals surface area (Å²) in [6.45, 7) is 2.31. The van der Waals surface area contributed by atoms with Gasteiger partial charge in [-0.3, -0.25) is 4.79 Å². The van der Waals surface area contributed by atoms with E-state index in [1.54, 1.807) is 6.92 Å². The average molecular weight is 290 g/mol. The fourth-order valence-electron chi connectivity index (χ4n) is 1.23. The van der Waals surface area contributed by atoms with Crippen LogP contribution in [-0.4, -0.2) is 27.9 Å². The lowest BCUT2D eigenvalue weighted by Crippen LogP contribution is -2.25. The van der Waals surface area contributed by atoms with Gasteiger partial charge in [-0.05, 0) is 12.8 Å². The number of hydrogen-bond acceptors (Lipinski definition) is 4. The zero-order valence-corrected chi connectivity index (χ0v) is 10.9. The first kappa shape index (κ1) is 13.2. The minimum absolute atomic E-state index is 0.0844. The van der Waals surface area contributed by atoms with E-state index in [2.05, 4.69) is 31.4 Å². The van der Waals surface area contributed by atoms with Crippen molar-refractivity contribution >= 4 is 21.8 Å². The molecule has 0 spiro atoms. The normalized spacial score (nSPS) is 10.4. The summed E-state index contributed by atoms with van der Waals surface area (Å²) < 4.78 is 4.82. The zero-order chi connectivity index (χ0) is 11.8. The number of aryl methyl sites for hydroxylation is 1. The minimum Gasteiger partial charge on any atom is -0.356 e. The fourth-order valence-corrected chi connectivity index (χ4v) is 1.62. The van der Waals surface area contributed by atoms with Crippen molar-refractivity contribution in [3.63, 3.8) is 0 Å². The monoisotopic (exact) mass is 289 g/mol. The number of amides is 1. The highest BCUT2D eigenvalue weighted by molar-refractivity contribution is 9.09. The van der Waals surface area contributed by atoms with Crippen molar-refractivity contribution in [3.05, 3.63) is 11.7 Å². The molecule has 1 heterocycles. The summed E-state index contributed by atoms with van der Waals surface area (Å²) in [6.07, 6.45) is 3.13. The number of alkyl halides is 1. The molecule has 1 N–H and O–H groups in total. The smallest absolute Gasteiger partial charge is 0.223 e. The van der Waals surface area contributed by atoms with Crippen molar-refractivity contribution in [2.24, 2.45) is 0 Å². The molecule has 0 unspecified atom stereocenters. The molecule has 5 nitrogen and oxygen atoms in total. The fraction of sp³-hybridized carbons (Fsp3) is 0.700. The molecular weight excluding hydrogens is 274 g/mol. The van der Waals surface area contributed by atoms with Crippen LogP contribution in [0.5, 0.6) is 0 Å². The first-order valence-corrected chi connectivity index (χ1v) is 6.46. The highest BCUT2D eigenvalue weighted by Crippen LogP contribution is 1.98. The molecule has 0 atom stereocenters. The Morgan fingerprint density at radius 1 is 1.50 bits per heavy atom. The number of unbranched alkanes of at least 4 members (excludes halogenated alkanes) is 1. The van der Waals surface area contributed by atoms with Crippen molar-refractivity contribution in [2.75, 3.05) is 11.9 Å². The molecule has 0 radical (unpaired) electrons. The molecular formula is C10H16BrN3O2. The molecule has 16 heavy (non-hydrogen) atoms. The topological polar surface area (TPSA) is 68.0 Å². The third-order valence-corrected chi connectivity index (χ3v) is 2.59. The largest absolute Gasteiger partial charge is 0.356 e. The van der Waals surface area contributed by atoms with Crippen LogP contribution >= 0.6 is 15.9 Å². The van der Waals surface area contributed by atoms with Gasteiger partial charge in [0.1, 0.15) is 0 Å². The maximum absolute atomic E-state index is 11.3. The Morgan fingerprint density at radius 3 is 2.94 bits per heavy atom. The molecule has 0 aliphatic carbocycles. The van der Waals surface area contributed by atoms with E-state index in [9.17, 15) is 4.79 Å². The SMILES string of the molecule is Cc1nc(CCNC(=O)CCCCBr)no1. The average Bonchev–Trinajstić information content (AvgIpc) is 2.65. The number of nitrogens with zero attached hydrogens (tertiary/aromatic N) is 2. The van der Waals surface area contributed by atoms with Gasteiger partial charge in [-0.1, -0.05) is 21.1 Å². The first-order chi connectivity index (χ1) is 7.72. The lowest BCUT2D eigenvalue weighted by molar-refractivity contribution is -0.121. The van der Waals surface area contributed by atoms with Crippen molar-refractivity contribution in [2.45, 2.75) is 32.6 Å². The van der Waals surface area contributed by atoms with Gasteiger partial charge in [0.05, 0.1) is 0 Å². The molecule has 90 valence electrons. The van der Waals surface area contributed by atoms with Gasteiger partial charge in [-0.15, -0.1) is 0 Å². The Labute approximate surface area is 103 Å². The van der Waals surface area contributed by atoms with E-state index in [0.29, 0.717) is 31.1 Å². The number of hydrogen-bond donors (Lipinski definition) is 1. The van der Waals surface area contributed by atoms with Gasteiger partial charge in [-0.25, -0.2) is 0 Å². The maximum atomic E-state index is 11.3. The van der Waals surface area contributed by atoms with E-state index in [0.717, 1.165) is 18.2 Å². The standard InChI is InChI=1S/C10H16BrN3O2/c1-8-13-9(14-16-8)5-7-12-10(15)4-2-3-6-11/h2-7H2,1H3,(H,12,15). The third-order valence-electron chi connectivity index (χ3n) is 2.03. The van der Waals surface area contributed by atoms with Gasteiger partial charge in [0, 0.05) is 31.6 Å². The molecule has 0 saturated heterocycles. The number of aromatic nitrogens is 2. The van der Waals surface area contributed by atoms with E-state index < -0.39 is 0 Å². The predicted octanol–water partition coefficient (Wildman–Crippen LogP) is 1.60. The summed E-state index contributed by atoms with van der Waals surface area (Å²) in [5.41, 5.74) is 0. The lowest BCUT2D eigenvalue weighted by Gasteiger charge is -2.02. The van der Waals surface area contributed by atoms with E-state index in [1.165, 1.54) is 0 Å². The van der Waals surface area contributed by atoms with Crippen LogP contribution in [0.3, 0.4) is 0 Å². The van der Waals surface area contributed by atoms with Crippen LogP contribution in [-0.2, 0) is 11.2 Å². The van der Waals surface area contributed by atoms with Crippen LogP contribution in [0, 0.1) is 6.92 Å². The van der Waals surface area contributed by atoms with E-state index in [-0.39, 0.29) is 5.91 Å². The zero-order valence-electron chi connectivity index (χ0n) is 9.33. The van der Waals surface area contributed by atoms with Gasteiger partial charge in [-0.2, -0.15) is 4.98 Å². The first-order valence-electron chi connectivity index (χ1n) is 5.34. The molecule has 0 aliphatic rings. The number of carbonyl (C=O) groups excluding carboxylic acids is 1. The molecule has 6 heteroatoms. The van der Waals surface area contributed by atoms with Crippen molar-refractivity contribution < 1.29 is 9.32 Å². The Bertz CT molecular complexity index is 328. The predicted molar refractivity (Wildman–Crippen MR) is 63.4 cm³/mol. The highest BCUT2D eigenvalue weighted by Gasteiger charge is 2.03. The summed E-state index contributed by atoms with van der Waals surface area (Å²) >= 11 is 3.33.